The molecule has 2 aliphatic heterocycles. The summed E-state index contributed by atoms with van der Waals surface area (Å²) >= 11 is 0. The first-order valence-electron chi connectivity index (χ1n) is 11.6. The van der Waals surface area contributed by atoms with Gasteiger partial charge in [-0.25, -0.2) is 4.39 Å². The van der Waals surface area contributed by atoms with Crippen LogP contribution in [0.25, 0.3) is 16.9 Å². The number of nitrogens with zero attached hydrogens (tertiary/aromatic N) is 6. The standard InChI is InChI=1S/C23H31FN6O.2ClH/c1-3-20-18-6-5-7-19(24)21(18)30(26-20)23-25-22(31-27-23)16-8-14-29(15-9-16)17-10-12-28(4-2)13-11-17;;/h5-7,16-17H,3-4,8-15H2,1-2H3;2*1H. The number of rotatable bonds is 5. The summed E-state index contributed by atoms with van der Waals surface area (Å²) in [5.74, 6) is 0.900. The van der Waals surface area contributed by atoms with Crippen LogP contribution in [0.3, 0.4) is 0 Å². The fourth-order valence-electron chi connectivity index (χ4n) is 5.19. The highest BCUT2D eigenvalue weighted by atomic mass is 35.5. The van der Waals surface area contributed by atoms with Crippen LogP contribution < -0.4 is 0 Å². The van der Waals surface area contributed by atoms with Gasteiger partial charge in [0, 0.05) is 17.3 Å². The van der Waals surface area contributed by atoms with Crippen LogP contribution in [0.1, 0.15) is 57.0 Å². The van der Waals surface area contributed by atoms with E-state index in [1.54, 1.807) is 6.07 Å². The van der Waals surface area contributed by atoms with Crippen LogP contribution in [0.15, 0.2) is 22.7 Å². The van der Waals surface area contributed by atoms with Crippen molar-refractivity contribution in [1.82, 2.24) is 29.7 Å². The molecule has 0 unspecified atom stereocenters. The van der Waals surface area contributed by atoms with Gasteiger partial charge in [0.1, 0.15) is 11.3 Å². The molecule has 0 atom stereocenters. The van der Waals surface area contributed by atoms with Crippen molar-refractivity contribution < 1.29 is 8.91 Å². The Morgan fingerprint density at radius 1 is 1.03 bits per heavy atom. The summed E-state index contributed by atoms with van der Waals surface area (Å²) in [4.78, 5) is 9.81. The maximum absolute atomic E-state index is 14.6. The van der Waals surface area contributed by atoms with E-state index in [-0.39, 0.29) is 36.5 Å². The molecule has 7 nitrogen and oxygen atoms in total. The lowest BCUT2D eigenvalue weighted by Gasteiger charge is -2.41. The molecule has 4 heterocycles. The molecular formula is C23H33Cl2FN6O. The third-order valence-corrected chi connectivity index (χ3v) is 7.09. The third kappa shape index (κ3) is 5.04. The van der Waals surface area contributed by atoms with Crippen molar-refractivity contribution in [2.75, 3.05) is 32.7 Å². The van der Waals surface area contributed by atoms with Gasteiger partial charge in [0.15, 0.2) is 0 Å². The molecule has 0 saturated carbocycles. The number of fused-ring (bicyclic) bond motifs is 1. The number of para-hydroxylation sites is 1. The SMILES string of the molecule is CCc1nn(-c2noc(C3CCN(C4CCN(CC)CC4)CC3)n2)c2c(F)cccc12.Cl.Cl. The van der Waals surface area contributed by atoms with Gasteiger partial charge < -0.3 is 14.3 Å². The molecule has 5 rings (SSSR count). The molecule has 2 aliphatic rings. The van der Waals surface area contributed by atoms with Crippen LogP contribution in [0.2, 0.25) is 0 Å². The Labute approximate surface area is 206 Å². The summed E-state index contributed by atoms with van der Waals surface area (Å²) in [6, 6.07) is 5.75. The number of aromatic nitrogens is 4. The van der Waals surface area contributed by atoms with E-state index in [1.165, 1.54) is 36.7 Å². The number of piperidine rings is 2. The van der Waals surface area contributed by atoms with Crippen LogP contribution in [0.5, 0.6) is 0 Å². The molecule has 182 valence electrons. The van der Waals surface area contributed by atoms with Crippen LogP contribution in [0, 0.1) is 5.82 Å². The van der Waals surface area contributed by atoms with Gasteiger partial charge in [0.2, 0.25) is 5.89 Å². The number of hydrogen-bond acceptors (Lipinski definition) is 6. The predicted octanol–water partition coefficient (Wildman–Crippen LogP) is 4.62. The quantitative estimate of drug-likeness (QED) is 0.511. The van der Waals surface area contributed by atoms with E-state index in [9.17, 15) is 4.39 Å². The first-order chi connectivity index (χ1) is 15.2. The average Bonchev–Trinajstić information content (AvgIpc) is 3.45. The molecule has 2 fully saturated rings. The number of halogens is 3. The molecule has 0 spiro atoms. The molecule has 0 N–H and O–H groups in total. The monoisotopic (exact) mass is 498 g/mol. The normalized spacial score (nSPS) is 18.9. The maximum atomic E-state index is 14.6. The lowest BCUT2D eigenvalue weighted by molar-refractivity contribution is 0.0855. The van der Waals surface area contributed by atoms with Crippen LogP contribution in [-0.2, 0) is 6.42 Å². The van der Waals surface area contributed by atoms with E-state index in [4.69, 9.17) is 4.52 Å². The van der Waals surface area contributed by atoms with Crippen molar-refractivity contribution in [1.29, 1.82) is 0 Å². The second-order valence-electron chi connectivity index (χ2n) is 8.76. The number of aryl methyl sites for hydroxylation is 1. The van der Waals surface area contributed by atoms with Crippen LogP contribution in [-0.4, -0.2) is 68.5 Å². The minimum atomic E-state index is -0.321. The van der Waals surface area contributed by atoms with E-state index in [1.807, 2.05) is 13.0 Å². The van der Waals surface area contributed by atoms with E-state index in [0.29, 0.717) is 29.8 Å². The summed E-state index contributed by atoms with van der Waals surface area (Å²) in [5.41, 5.74) is 1.25. The van der Waals surface area contributed by atoms with Gasteiger partial charge in [-0.05, 0) is 76.1 Å². The van der Waals surface area contributed by atoms with Crippen LogP contribution in [0.4, 0.5) is 4.39 Å². The van der Waals surface area contributed by atoms with Crippen molar-refractivity contribution >= 4 is 35.7 Å². The fourth-order valence-corrected chi connectivity index (χ4v) is 5.19. The summed E-state index contributed by atoms with van der Waals surface area (Å²) in [6.45, 7) is 9.97. The van der Waals surface area contributed by atoms with Crippen molar-refractivity contribution in [3.63, 3.8) is 0 Å². The Morgan fingerprint density at radius 2 is 1.76 bits per heavy atom. The van der Waals surface area contributed by atoms with Crippen molar-refractivity contribution in [2.24, 2.45) is 0 Å². The lowest BCUT2D eigenvalue weighted by Crippen LogP contribution is -2.47. The number of benzene rings is 1. The van der Waals surface area contributed by atoms with Gasteiger partial charge in [-0.2, -0.15) is 14.8 Å². The van der Waals surface area contributed by atoms with Gasteiger partial charge in [0.05, 0.1) is 5.69 Å². The maximum Gasteiger partial charge on any atom is 0.291 e. The topological polar surface area (TPSA) is 63.2 Å². The largest absolute Gasteiger partial charge is 0.337 e. The Balaban J connectivity index is 0.00000153. The zero-order valence-corrected chi connectivity index (χ0v) is 20.9. The van der Waals surface area contributed by atoms with E-state index in [2.05, 4.69) is 32.0 Å². The van der Waals surface area contributed by atoms with Gasteiger partial charge in [-0.15, -0.1) is 24.8 Å². The van der Waals surface area contributed by atoms with Gasteiger partial charge in [0.25, 0.3) is 5.95 Å². The second kappa shape index (κ2) is 11.1. The molecule has 0 amide bonds. The summed E-state index contributed by atoms with van der Waals surface area (Å²) in [7, 11) is 0. The zero-order chi connectivity index (χ0) is 21.4. The van der Waals surface area contributed by atoms with Gasteiger partial charge in [-0.3, -0.25) is 0 Å². The summed E-state index contributed by atoms with van der Waals surface area (Å²) in [5, 5.41) is 9.52. The first kappa shape index (κ1) is 25.9. The van der Waals surface area contributed by atoms with E-state index in [0.717, 1.165) is 43.6 Å². The zero-order valence-electron chi connectivity index (χ0n) is 19.2. The summed E-state index contributed by atoms with van der Waals surface area (Å²) in [6.07, 6.45) is 5.28. The van der Waals surface area contributed by atoms with Crippen molar-refractivity contribution in [3.8, 4) is 5.95 Å². The molecule has 0 bridgehead atoms. The fraction of sp³-hybridized carbons (Fsp3) is 0.609. The molecule has 0 aliphatic carbocycles. The van der Waals surface area contributed by atoms with Gasteiger partial charge >= 0.3 is 0 Å². The molecule has 0 radical (unpaired) electrons. The van der Waals surface area contributed by atoms with E-state index >= 15 is 0 Å². The highest BCUT2D eigenvalue weighted by Gasteiger charge is 2.31. The molecule has 2 saturated heterocycles. The Bertz CT molecular complexity index is 1040. The Kier molecular flexibility index (Phi) is 8.72. The van der Waals surface area contributed by atoms with Crippen molar-refractivity contribution in [2.45, 2.75) is 57.9 Å². The smallest absolute Gasteiger partial charge is 0.291 e. The van der Waals surface area contributed by atoms with Gasteiger partial charge in [-0.1, -0.05) is 26.0 Å². The predicted molar refractivity (Wildman–Crippen MR) is 131 cm³/mol. The number of hydrogen-bond donors (Lipinski definition) is 0. The molecule has 33 heavy (non-hydrogen) atoms. The average molecular weight is 499 g/mol. The van der Waals surface area contributed by atoms with Crippen molar-refractivity contribution in [3.05, 3.63) is 35.6 Å². The molecule has 1 aromatic carbocycles. The molecule has 2 aromatic heterocycles. The van der Waals surface area contributed by atoms with E-state index < -0.39 is 0 Å². The summed E-state index contributed by atoms with van der Waals surface area (Å²) < 4.78 is 21.7. The Morgan fingerprint density at radius 3 is 2.42 bits per heavy atom. The second-order valence-corrected chi connectivity index (χ2v) is 8.76. The highest BCUT2D eigenvalue weighted by Crippen LogP contribution is 2.31. The third-order valence-electron chi connectivity index (χ3n) is 7.09. The lowest BCUT2D eigenvalue weighted by atomic mass is 9.93. The molecular weight excluding hydrogens is 466 g/mol. The molecule has 10 heteroatoms. The minimum absolute atomic E-state index is 0. The minimum Gasteiger partial charge on any atom is -0.337 e. The highest BCUT2D eigenvalue weighted by molar-refractivity contribution is 5.85. The number of likely N-dealkylation sites (tertiary alicyclic amines) is 2. The van der Waals surface area contributed by atoms with Crippen LogP contribution >= 0.6 is 24.8 Å². The first-order valence-corrected chi connectivity index (χ1v) is 11.6. The Hall–Kier alpha value is -1.74. The molecule has 3 aromatic rings.